The fourth-order valence-electron chi connectivity index (χ4n) is 3.52. The molecule has 1 amide bonds. The lowest BCUT2D eigenvalue weighted by Gasteiger charge is -2.34. The molecular formula is C20H25F2N3O2. The van der Waals surface area contributed by atoms with Gasteiger partial charge >= 0.3 is 6.09 Å². The number of hydrogen-bond acceptors (Lipinski definition) is 3. The summed E-state index contributed by atoms with van der Waals surface area (Å²) in [5.74, 6) is 0.0371. The van der Waals surface area contributed by atoms with Crippen LogP contribution in [0.4, 0.5) is 13.6 Å². The Hall–Kier alpha value is -2.44. The van der Waals surface area contributed by atoms with E-state index in [0.29, 0.717) is 25.9 Å². The van der Waals surface area contributed by atoms with Crippen molar-refractivity contribution >= 4 is 6.09 Å². The van der Waals surface area contributed by atoms with Crippen LogP contribution in [0.2, 0.25) is 0 Å². The van der Waals surface area contributed by atoms with Gasteiger partial charge in [-0.25, -0.2) is 13.6 Å². The first-order valence-corrected chi connectivity index (χ1v) is 9.23. The molecule has 0 fully saturated rings. The van der Waals surface area contributed by atoms with E-state index in [4.69, 9.17) is 4.74 Å². The molecule has 1 unspecified atom stereocenters. The maximum Gasteiger partial charge on any atom is 0.410 e. The van der Waals surface area contributed by atoms with Gasteiger partial charge in [0.15, 0.2) is 0 Å². The largest absolute Gasteiger partial charge is 0.449 e. The maximum atomic E-state index is 12.5. The van der Waals surface area contributed by atoms with Gasteiger partial charge in [0.25, 0.3) is 0 Å². The lowest BCUT2D eigenvalue weighted by Crippen LogP contribution is -2.39. The van der Waals surface area contributed by atoms with Gasteiger partial charge in [0, 0.05) is 43.7 Å². The molecule has 5 nitrogen and oxygen atoms in total. The molecule has 0 saturated carbocycles. The average molecular weight is 377 g/mol. The highest BCUT2D eigenvalue weighted by Gasteiger charge is 2.31. The molecule has 1 aliphatic heterocycles. The molecule has 1 atom stereocenters. The molecule has 146 valence electrons. The van der Waals surface area contributed by atoms with Crippen LogP contribution in [0.15, 0.2) is 30.5 Å². The summed E-state index contributed by atoms with van der Waals surface area (Å²) in [4.78, 5) is 14.2. The molecule has 0 radical (unpaired) electrons. The van der Waals surface area contributed by atoms with E-state index in [9.17, 15) is 13.6 Å². The predicted molar refractivity (Wildman–Crippen MR) is 97.8 cm³/mol. The highest BCUT2D eigenvalue weighted by atomic mass is 19.3. The number of aryl methyl sites for hydroxylation is 1. The number of ether oxygens (including phenoxy) is 1. The van der Waals surface area contributed by atoms with Gasteiger partial charge < -0.3 is 9.64 Å². The third-order valence-electron chi connectivity index (χ3n) is 5.14. The molecule has 0 N–H and O–H groups in total. The first kappa shape index (κ1) is 19.3. The molecule has 0 bridgehead atoms. The molecule has 27 heavy (non-hydrogen) atoms. The smallest absolute Gasteiger partial charge is 0.410 e. The number of aromatic nitrogens is 2. The number of unbranched alkanes of at least 4 members (excludes halogenated alkanes) is 1. The van der Waals surface area contributed by atoms with Gasteiger partial charge in [-0.3, -0.25) is 4.68 Å². The van der Waals surface area contributed by atoms with E-state index in [1.807, 2.05) is 43.0 Å². The van der Waals surface area contributed by atoms with Crippen LogP contribution in [0, 0.1) is 6.92 Å². The summed E-state index contributed by atoms with van der Waals surface area (Å²) in [6.07, 6.45) is -0.194. The topological polar surface area (TPSA) is 47.4 Å². The van der Waals surface area contributed by atoms with Crippen LogP contribution < -0.4 is 0 Å². The van der Waals surface area contributed by atoms with E-state index in [2.05, 4.69) is 11.2 Å². The Morgan fingerprint density at radius 3 is 2.78 bits per heavy atom. The Kier molecular flexibility index (Phi) is 6.08. The second-order valence-corrected chi connectivity index (χ2v) is 6.94. The van der Waals surface area contributed by atoms with Crippen molar-refractivity contribution in [1.29, 1.82) is 0 Å². The molecule has 7 heteroatoms. The van der Waals surface area contributed by atoms with Gasteiger partial charge in [-0.15, -0.1) is 0 Å². The lowest BCUT2D eigenvalue weighted by atomic mass is 9.85. The standard InChI is InChI=1S/C20H25F2N3O2/c1-14-17(11-23-24(14)2)18-13-25(12-15-7-3-4-8-16(15)18)20(26)27-10-6-5-9-19(21)22/h3-4,7-8,11,18-19H,5-6,9-10,12-13H2,1-2H3. The molecule has 1 aromatic carbocycles. The van der Waals surface area contributed by atoms with E-state index in [0.717, 1.165) is 16.8 Å². The first-order chi connectivity index (χ1) is 13.0. The number of carbonyl (C=O) groups excluding carboxylic acids is 1. The minimum absolute atomic E-state index is 0.0371. The van der Waals surface area contributed by atoms with Crippen LogP contribution >= 0.6 is 0 Å². The molecular weight excluding hydrogens is 352 g/mol. The number of amides is 1. The van der Waals surface area contributed by atoms with Crippen LogP contribution in [0.3, 0.4) is 0 Å². The van der Waals surface area contributed by atoms with E-state index in [1.54, 1.807) is 4.90 Å². The number of alkyl halides is 2. The van der Waals surface area contributed by atoms with Crippen LogP contribution in [0.1, 0.15) is 47.6 Å². The summed E-state index contributed by atoms with van der Waals surface area (Å²) in [5, 5.41) is 4.34. The molecule has 1 aromatic heterocycles. The summed E-state index contributed by atoms with van der Waals surface area (Å²) >= 11 is 0. The summed E-state index contributed by atoms with van der Waals surface area (Å²) in [6, 6.07) is 8.09. The summed E-state index contributed by atoms with van der Waals surface area (Å²) in [7, 11) is 1.90. The van der Waals surface area contributed by atoms with Crippen LogP contribution in [-0.4, -0.2) is 40.4 Å². The molecule has 1 aliphatic rings. The molecule has 0 spiro atoms. The minimum Gasteiger partial charge on any atom is -0.449 e. The Balaban J connectivity index is 1.70. The lowest BCUT2D eigenvalue weighted by molar-refractivity contribution is 0.0904. The SMILES string of the molecule is Cc1c(C2CN(C(=O)OCCCCC(F)F)Cc3ccccc32)cnn1C. The van der Waals surface area contributed by atoms with E-state index < -0.39 is 12.5 Å². The quantitative estimate of drug-likeness (QED) is 0.707. The van der Waals surface area contributed by atoms with Gasteiger partial charge in [-0.2, -0.15) is 5.10 Å². The van der Waals surface area contributed by atoms with Crippen molar-refractivity contribution in [3.05, 3.63) is 52.8 Å². The van der Waals surface area contributed by atoms with Gasteiger partial charge in [-0.05, 0) is 30.9 Å². The van der Waals surface area contributed by atoms with Crippen molar-refractivity contribution in [2.75, 3.05) is 13.2 Å². The number of benzene rings is 1. The molecule has 0 saturated heterocycles. The normalized spacial score (nSPS) is 16.5. The Labute approximate surface area is 157 Å². The fraction of sp³-hybridized carbons (Fsp3) is 0.500. The second-order valence-electron chi connectivity index (χ2n) is 6.94. The van der Waals surface area contributed by atoms with Crippen LogP contribution in [0.5, 0.6) is 0 Å². The van der Waals surface area contributed by atoms with Crippen molar-refractivity contribution in [3.8, 4) is 0 Å². The molecule has 0 aliphatic carbocycles. The Morgan fingerprint density at radius 2 is 2.07 bits per heavy atom. The average Bonchev–Trinajstić information content (AvgIpc) is 2.99. The van der Waals surface area contributed by atoms with Crippen molar-refractivity contribution in [2.45, 2.75) is 45.1 Å². The zero-order valence-corrected chi connectivity index (χ0v) is 15.7. The Morgan fingerprint density at radius 1 is 1.30 bits per heavy atom. The van der Waals surface area contributed by atoms with Crippen molar-refractivity contribution in [3.63, 3.8) is 0 Å². The number of halogens is 2. The second kappa shape index (κ2) is 8.50. The number of rotatable bonds is 6. The monoisotopic (exact) mass is 377 g/mol. The van der Waals surface area contributed by atoms with Gasteiger partial charge in [0.1, 0.15) is 0 Å². The van der Waals surface area contributed by atoms with Crippen molar-refractivity contribution in [1.82, 2.24) is 14.7 Å². The van der Waals surface area contributed by atoms with E-state index in [1.165, 1.54) is 5.56 Å². The van der Waals surface area contributed by atoms with Gasteiger partial charge in [-0.1, -0.05) is 24.3 Å². The third kappa shape index (κ3) is 4.46. The molecule has 2 heterocycles. The highest BCUT2D eigenvalue weighted by Crippen LogP contribution is 2.35. The summed E-state index contributed by atoms with van der Waals surface area (Å²) < 4.78 is 31.5. The fourth-order valence-corrected chi connectivity index (χ4v) is 3.52. The molecule has 3 rings (SSSR count). The molecule has 2 aromatic rings. The zero-order valence-electron chi connectivity index (χ0n) is 15.7. The number of nitrogens with zero attached hydrogens (tertiary/aromatic N) is 3. The minimum atomic E-state index is -2.30. The zero-order chi connectivity index (χ0) is 19.4. The van der Waals surface area contributed by atoms with E-state index >= 15 is 0 Å². The van der Waals surface area contributed by atoms with Crippen LogP contribution in [0.25, 0.3) is 0 Å². The van der Waals surface area contributed by atoms with E-state index in [-0.39, 0.29) is 18.9 Å². The number of fused-ring (bicyclic) bond motifs is 1. The third-order valence-corrected chi connectivity index (χ3v) is 5.14. The summed E-state index contributed by atoms with van der Waals surface area (Å²) in [6.45, 7) is 3.19. The van der Waals surface area contributed by atoms with Crippen LogP contribution in [-0.2, 0) is 18.3 Å². The predicted octanol–water partition coefficient (Wildman–Crippen LogP) is 4.25. The van der Waals surface area contributed by atoms with Gasteiger partial charge in [0.05, 0.1) is 12.8 Å². The Bertz CT molecular complexity index is 791. The van der Waals surface area contributed by atoms with Crippen molar-refractivity contribution in [2.24, 2.45) is 7.05 Å². The maximum absolute atomic E-state index is 12.5. The van der Waals surface area contributed by atoms with Crippen molar-refractivity contribution < 1.29 is 18.3 Å². The highest BCUT2D eigenvalue weighted by molar-refractivity contribution is 5.68. The number of hydrogen-bond donors (Lipinski definition) is 0. The van der Waals surface area contributed by atoms with Gasteiger partial charge in [0.2, 0.25) is 6.43 Å². The number of carbonyl (C=O) groups is 1. The first-order valence-electron chi connectivity index (χ1n) is 9.23. The summed E-state index contributed by atoms with van der Waals surface area (Å²) in [5.41, 5.74) is 4.46.